The summed E-state index contributed by atoms with van der Waals surface area (Å²) < 4.78 is 31.7. The van der Waals surface area contributed by atoms with Crippen LogP contribution in [0.15, 0.2) is 14.7 Å². The number of rotatable bonds is 7. The van der Waals surface area contributed by atoms with Gasteiger partial charge >= 0.3 is 0 Å². The molecule has 0 bridgehead atoms. The van der Waals surface area contributed by atoms with Gasteiger partial charge in [0.15, 0.2) is 0 Å². The molecule has 0 radical (unpaired) electrons. The molecule has 0 atom stereocenters. The number of nitrogens with one attached hydrogen (secondary N) is 1. The lowest BCUT2D eigenvalue weighted by Crippen LogP contribution is -2.27. The van der Waals surface area contributed by atoms with Crippen molar-refractivity contribution in [2.24, 2.45) is 0 Å². The molecule has 0 aliphatic heterocycles. The molecule has 1 aromatic heterocycles. The molecule has 0 aliphatic carbocycles. The van der Waals surface area contributed by atoms with Crippen LogP contribution in [0.1, 0.15) is 11.8 Å². The fraction of sp³-hybridized carbons (Fsp3) is 0.556. The van der Waals surface area contributed by atoms with Gasteiger partial charge in [0.25, 0.3) is 0 Å². The van der Waals surface area contributed by atoms with Crippen LogP contribution >= 0.6 is 27.3 Å². The average Bonchev–Trinajstić information content (AvgIpc) is 2.67. The first-order valence-electron chi connectivity index (χ1n) is 4.97. The first-order valence-corrected chi connectivity index (χ1v) is 8.07. The maximum absolute atomic E-state index is 11.9. The number of thiophene rings is 1. The molecular weight excluding hydrogens is 330 g/mol. The Bertz CT molecular complexity index is 458. The van der Waals surface area contributed by atoms with Gasteiger partial charge in [0.1, 0.15) is 4.90 Å². The van der Waals surface area contributed by atoms with Crippen molar-refractivity contribution in [3.8, 4) is 0 Å². The molecule has 1 heterocycles. The third-order valence-electron chi connectivity index (χ3n) is 1.89. The van der Waals surface area contributed by atoms with Gasteiger partial charge in [-0.25, -0.2) is 13.1 Å². The Morgan fingerprint density at radius 2 is 2.29 bits per heavy atom. The molecule has 1 rings (SSSR count). The maximum atomic E-state index is 11.9. The molecule has 2 N–H and O–H groups in total. The number of aliphatic hydroxyl groups excluding tert-OH is 1. The minimum absolute atomic E-state index is 0.156. The fourth-order valence-electron chi connectivity index (χ4n) is 1.13. The average molecular weight is 344 g/mol. The Balaban J connectivity index is 2.72. The van der Waals surface area contributed by atoms with Gasteiger partial charge in [-0.2, -0.15) is 0 Å². The standard InChI is InChI=1S/C9H14BrNO4S2/c1-2-15-4-3-11-17(13,14)8-5-7(6-12)16-9(8)10/h5,11-12H,2-4,6H2,1H3. The van der Waals surface area contributed by atoms with Crippen molar-refractivity contribution >= 4 is 37.3 Å². The van der Waals surface area contributed by atoms with Crippen LogP contribution in [0.4, 0.5) is 0 Å². The van der Waals surface area contributed by atoms with Crippen molar-refractivity contribution in [3.05, 3.63) is 14.7 Å². The zero-order chi connectivity index (χ0) is 12.9. The molecule has 8 heteroatoms. The summed E-state index contributed by atoms with van der Waals surface area (Å²) in [6, 6.07) is 1.46. The first kappa shape index (κ1) is 15.1. The van der Waals surface area contributed by atoms with Crippen molar-refractivity contribution in [2.75, 3.05) is 19.8 Å². The third-order valence-corrected chi connectivity index (χ3v) is 5.59. The van der Waals surface area contributed by atoms with Crippen LogP contribution in [-0.2, 0) is 21.4 Å². The number of hydrogen-bond donors (Lipinski definition) is 2. The highest BCUT2D eigenvalue weighted by Crippen LogP contribution is 2.31. The van der Waals surface area contributed by atoms with Crippen molar-refractivity contribution in [1.82, 2.24) is 4.72 Å². The monoisotopic (exact) mass is 343 g/mol. The van der Waals surface area contributed by atoms with Crippen LogP contribution < -0.4 is 4.72 Å². The minimum Gasteiger partial charge on any atom is -0.391 e. The predicted molar refractivity (Wildman–Crippen MR) is 69.6 cm³/mol. The summed E-state index contributed by atoms with van der Waals surface area (Å²) in [7, 11) is -3.54. The number of halogens is 1. The smallest absolute Gasteiger partial charge is 0.242 e. The zero-order valence-electron chi connectivity index (χ0n) is 9.27. The van der Waals surface area contributed by atoms with Gasteiger partial charge in [0.2, 0.25) is 10.0 Å². The Kier molecular flexibility index (Phi) is 6.04. The van der Waals surface area contributed by atoms with E-state index in [0.717, 1.165) is 0 Å². The summed E-state index contributed by atoms with van der Waals surface area (Å²) >= 11 is 4.37. The van der Waals surface area contributed by atoms with Crippen LogP contribution in [0, 0.1) is 0 Å². The van der Waals surface area contributed by atoms with Crippen molar-refractivity contribution < 1.29 is 18.3 Å². The summed E-state index contributed by atoms with van der Waals surface area (Å²) in [5, 5.41) is 8.94. The topological polar surface area (TPSA) is 75.6 Å². The van der Waals surface area contributed by atoms with E-state index < -0.39 is 10.0 Å². The van der Waals surface area contributed by atoms with Gasteiger partial charge in [-0.3, -0.25) is 0 Å². The summed E-state index contributed by atoms with van der Waals surface area (Å²) in [6.45, 7) is 2.80. The summed E-state index contributed by atoms with van der Waals surface area (Å²) in [5.74, 6) is 0. The van der Waals surface area contributed by atoms with E-state index in [4.69, 9.17) is 9.84 Å². The summed E-state index contributed by atoms with van der Waals surface area (Å²) in [4.78, 5) is 0.755. The van der Waals surface area contributed by atoms with Crippen molar-refractivity contribution in [3.63, 3.8) is 0 Å². The van der Waals surface area contributed by atoms with E-state index in [9.17, 15) is 8.42 Å². The molecule has 0 spiro atoms. The third kappa shape index (κ3) is 4.31. The molecule has 0 saturated heterocycles. The van der Waals surface area contributed by atoms with E-state index in [1.165, 1.54) is 17.4 Å². The second-order valence-electron chi connectivity index (χ2n) is 3.10. The quantitative estimate of drug-likeness (QED) is 0.732. The van der Waals surface area contributed by atoms with Crippen LogP contribution in [-0.4, -0.2) is 33.3 Å². The van der Waals surface area contributed by atoms with Gasteiger partial charge in [0, 0.05) is 18.0 Å². The van der Waals surface area contributed by atoms with E-state index in [0.29, 0.717) is 21.9 Å². The van der Waals surface area contributed by atoms with Gasteiger partial charge < -0.3 is 9.84 Å². The molecule has 0 fully saturated rings. The van der Waals surface area contributed by atoms with Crippen LogP contribution in [0.25, 0.3) is 0 Å². The maximum Gasteiger partial charge on any atom is 0.242 e. The van der Waals surface area contributed by atoms with Crippen molar-refractivity contribution in [2.45, 2.75) is 18.4 Å². The SMILES string of the molecule is CCOCCNS(=O)(=O)c1cc(CO)sc1Br. The summed E-state index contributed by atoms with van der Waals surface area (Å²) in [6.07, 6.45) is 0. The molecular formula is C9H14BrNO4S2. The highest BCUT2D eigenvalue weighted by Gasteiger charge is 2.20. The fourth-order valence-corrected chi connectivity index (χ4v) is 4.68. The number of aliphatic hydroxyl groups is 1. The molecule has 17 heavy (non-hydrogen) atoms. The van der Waals surface area contributed by atoms with E-state index in [2.05, 4.69) is 20.7 Å². The highest BCUT2D eigenvalue weighted by atomic mass is 79.9. The molecule has 1 aromatic rings. The van der Waals surface area contributed by atoms with Gasteiger partial charge in [-0.05, 0) is 28.9 Å². The number of sulfonamides is 1. The molecule has 5 nitrogen and oxygen atoms in total. The minimum atomic E-state index is -3.54. The van der Waals surface area contributed by atoms with Crippen LogP contribution in [0.5, 0.6) is 0 Å². The first-order chi connectivity index (χ1) is 8.01. The lowest BCUT2D eigenvalue weighted by Gasteiger charge is -2.05. The van der Waals surface area contributed by atoms with E-state index >= 15 is 0 Å². The summed E-state index contributed by atoms with van der Waals surface area (Å²) in [5.41, 5.74) is 0. The lowest BCUT2D eigenvalue weighted by molar-refractivity contribution is 0.153. The predicted octanol–water partition coefficient (Wildman–Crippen LogP) is 1.32. The Morgan fingerprint density at radius 1 is 1.59 bits per heavy atom. The van der Waals surface area contributed by atoms with Crippen LogP contribution in [0.2, 0.25) is 0 Å². The van der Waals surface area contributed by atoms with Gasteiger partial charge in [-0.15, -0.1) is 11.3 Å². The Labute approximate surface area is 113 Å². The van der Waals surface area contributed by atoms with Gasteiger partial charge in [0.05, 0.1) is 17.0 Å². The van der Waals surface area contributed by atoms with Gasteiger partial charge in [-0.1, -0.05) is 0 Å². The molecule has 0 aromatic carbocycles. The number of ether oxygens (including phenoxy) is 1. The lowest BCUT2D eigenvalue weighted by atomic mass is 10.5. The van der Waals surface area contributed by atoms with E-state index in [-0.39, 0.29) is 18.0 Å². The van der Waals surface area contributed by atoms with E-state index in [1.54, 1.807) is 0 Å². The normalized spacial score (nSPS) is 11.9. The van der Waals surface area contributed by atoms with E-state index in [1.807, 2.05) is 6.92 Å². The van der Waals surface area contributed by atoms with Crippen molar-refractivity contribution in [1.29, 1.82) is 0 Å². The Hall–Kier alpha value is 0.01000. The molecule has 0 unspecified atom stereocenters. The second kappa shape index (κ2) is 6.81. The number of hydrogen-bond acceptors (Lipinski definition) is 5. The highest BCUT2D eigenvalue weighted by molar-refractivity contribution is 9.11. The van der Waals surface area contributed by atoms with Crippen LogP contribution in [0.3, 0.4) is 0 Å². The Morgan fingerprint density at radius 3 is 2.82 bits per heavy atom. The molecule has 98 valence electrons. The molecule has 0 saturated carbocycles. The molecule has 0 amide bonds. The zero-order valence-corrected chi connectivity index (χ0v) is 12.5. The second-order valence-corrected chi connectivity index (χ2v) is 7.29. The largest absolute Gasteiger partial charge is 0.391 e. The molecule has 0 aliphatic rings.